The van der Waals surface area contributed by atoms with Crippen LogP contribution >= 0.6 is 0 Å². The van der Waals surface area contributed by atoms with Crippen LogP contribution in [0.3, 0.4) is 0 Å². The first-order chi connectivity index (χ1) is 16.0. The number of methoxy groups -OCH3 is 1. The Morgan fingerprint density at radius 3 is 2.55 bits per heavy atom. The van der Waals surface area contributed by atoms with Crippen molar-refractivity contribution in [2.24, 2.45) is 5.92 Å². The molecule has 0 aliphatic carbocycles. The van der Waals surface area contributed by atoms with Crippen LogP contribution in [0.2, 0.25) is 0 Å². The van der Waals surface area contributed by atoms with E-state index in [4.69, 9.17) is 9.47 Å². The Hall–Kier alpha value is -3.55. The van der Waals surface area contributed by atoms with Crippen molar-refractivity contribution >= 4 is 23.6 Å². The van der Waals surface area contributed by atoms with Gasteiger partial charge in [-0.25, -0.2) is 4.79 Å². The van der Waals surface area contributed by atoms with Gasteiger partial charge in [-0.3, -0.25) is 9.59 Å². The van der Waals surface area contributed by atoms with E-state index in [0.29, 0.717) is 50.4 Å². The topological polar surface area (TPSA) is 97.0 Å². The van der Waals surface area contributed by atoms with E-state index >= 15 is 0 Å². The van der Waals surface area contributed by atoms with Crippen LogP contribution in [0.1, 0.15) is 25.3 Å². The van der Waals surface area contributed by atoms with Gasteiger partial charge < -0.3 is 25.0 Å². The number of hydrogen-bond donors (Lipinski definition) is 2. The van der Waals surface area contributed by atoms with Crippen molar-refractivity contribution in [1.29, 1.82) is 0 Å². The highest BCUT2D eigenvalue weighted by atomic mass is 16.5. The average Bonchev–Trinajstić information content (AvgIpc) is 2.84. The third kappa shape index (κ3) is 6.71. The molecule has 0 bridgehead atoms. The SMILES string of the molecule is CCOC(=O)C1CCCN(C(=O)C(Cc2ccccc2)NC(=O)Nc2ccccc2OC)C1. The van der Waals surface area contributed by atoms with Crippen LogP contribution < -0.4 is 15.4 Å². The number of nitrogens with zero attached hydrogens (tertiary/aromatic N) is 1. The number of carbonyl (C=O) groups excluding carboxylic acids is 3. The van der Waals surface area contributed by atoms with E-state index in [9.17, 15) is 14.4 Å². The minimum Gasteiger partial charge on any atom is -0.495 e. The van der Waals surface area contributed by atoms with Gasteiger partial charge in [-0.15, -0.1) is 0 Å². The number of piperidine rings is 1. The molecule has 0 radical (unpaired) electrons. The van der Waals surface area contributed by atoms with E-state index < -0.39 is 12.1 Å². The van der Waals surface area contributed by atoms with Crippen molar-refractivity contribution in [2.75, 3.05) is 32.1 Å². The molecule has 2 N–H and O–H groups in total. The van der Waals surface area contributed by atoms with Gasteiger partial charge in [0.05, 0.1) is 25.3 Å². The number of anilines is 1. The summed E-state index contributed by atoms with van der Waals surface area (Å²) in [6, 6.07) is 15.3. The van der Waals surface area contributed by atoms with Crippen molar-refractivity contribution in [3.63, 3.8) is 0 Å². The summed E-state index contributed by atoms with van der Waals surface area (Å²) in [4.78, 5) is 40.1. The summed E-state index contributed by atoms with van der Waals surface area (Å²) in [7, 11) is 1.52. The maximum Gasteiger partial charge on any atom is 0.320 e. The fourth-order valence-corrected chi connectivity index (χ4v) is 3.96. The Bertz CT molecular complexity index is 950. The molecule has 0 aromatic heterocycles. The predicted octanol–water partition coefficient (Wildman–Crippen LogP) is 3.23. The van der Waals surface area contributed by atoms with E-state index in [0.717, 1.165) is 5.56 Å². The van der Waals surface area contributed by atoms with Crippen molar-refractivity contribution < 1.29 is 23.9 Å². The molecular formula is C25H31N3O5. The molecule has 33 heavy (non-hydrogen) atoms. The minimum atomic E-state index is -0.789. The lowest BCUT2D eigenvalue weighted by Gasteiger charge is -2.34. The highest BCUT2D eigenvalue weighted by molar-refractivity contribution is 5.95. The molecule has 1 aliphatic rings. The van der Waals surface area contributed by atoms with Gasteiger partial charge in [0.25, 0.3) is 0 Å². The molecule has 0 saturated carbocycles. The first-order valence-electron chi connectivity index (χ1n) is 11.2. The quantitative estimate of drug-likeness (QED) is 0.598. The number of likely N-dealkylation sites (tertiary alicyclic amines) is 1. The number of benzene rings is 2. The second-order valence-electron chi connectivity index (χ2n) is 7.92. The molecule has 2 atom stereocenters. The van der Waals surface area contributed by atoms with Crippen LogP contribution in [0.25, 0.3) is 0 Å². The second kappa shape index (κ2) is 11.9. The van der Waals surface area contributed by atoms with Gasteiger partial charge in [0.15, 0.2) is 0 Å². The third-order valence-electron chi connectivity index (χ3n) is 5.59. The maximum absolute atomic E-state index is 13.4. The lowest BCUT2D eigenvalue weighted by molar-refractivity contribution is -0.151. The van der Waals surface area contributed by atoms with Gasteiger partial charge in [0.1, 0.15) is 11.8 Å². The van der Waals surface area contributed by atoms with Crippen molar-refractivity contribution in [3.05, 3.63) is 60.2 Å². The van der Waals surface area contributed by atoms with E-state index in [-0.39, 0.29) is 17.8 Å². The minimum absolute atomic E-state index is 0.219. The number of amides is 3. The number of para-hydroxylation sites is 2. The highest BCUT2D eigenvalue weighted by Gasteiger charge is 2.33. The van der Waals surface area contributed by atoms with Crippen LogP contribution in [-0.4, -0.2) is 55.7 Å². The first-order valence-corrected chi connectivity index (χ1v) is 11.2. The van der Waals surface area contributed by atoms with Crippen LogP contribution in [-0.2, 0) is 20.7 Å². The monoisotopic (exact) mass is 453 g/mol. The van der Waals surface area contributed by atoms with Gasteiger partial charge in [0, 0.05) is 19.5 Å². The summed E-state index contributed by atoms with van der Waals surface area (Å²) in [5, 5.41) is 5.58. The summed E-state index contributed by atoms with van der Waals surface area (Å²) < 4.78 is 10.4. The van der Waals surface area contributed by atoms with Crippen molar-refractivity contribution in [3.8, 4) is 5.75 Å². The number of ether oxygens (including phenoxy) is 2. The second-order valence-corrected chi connectivity index (χ2v) is 7.92. The zero-order valence-electron chi connectivity index (χ0n) is 19.1. The van der Waals surface area contributed by atoms with Crippen LogP contribution in [0.15, 0.2) is 54.6 Å². The van der Waals surface area contributed by atoms with E-state index in [1.807, 2.05) is 30.3 Å². The van der Waals surface area contributed by atoms with Gasteiger partial charge >= 0.3 is 12.0 Å². The zero-order valence-corrected chi connectivity index (χ0v) is 19.1. The molecule has 8 nitrogen and oxygen atoms in total. The molecule has 0 spiro atoms. The Balaban J connectivity index is 1.73. The highest BCUT2D eigenvalue weighted by Crippen LogP contribution is 2.23. The summed E-state index contributed by atoms with van der Waals surface area (Å²) in [5.74, 6) is -0.325. The smallest absolute Gasteiger partial charge is 0.320 e. The molecule has 2 unspecified atom stereocenters. The predicted molar refractivity (Wildman–Crippen MR) is 125 cm³/mol. The largest absolute Gasteiger partial charge is 0.495 e. The molecule has 2 aromatic rings. The summed E-state index contributed by atoms with van der Waals surface area (Å²) in [6.07, 6.45) is 1.73. The molecular weight excluding hydrogens is 422 g/mol. The average molecular weight is 454 g/mol. The van der Waals surface area contributed by atoms with E-state index in [1.54, 1.807) is 36.1 Å². The molecule has 1 saturated heterocycles. The Morgan fingerprint density at radius 2 is 1.82 bits per heavy atom. The van der Waals surface area contributed by atoms with E-state index in [2.05, 4.69) is 10.6 Å². The fourth-order valence-electron chi connectivity index (χ4n) is 3.96. The molecule has 176 valence electrons. The molecule has 3 rings (SSSR count). The third-order valence-corrected chi connectivity index (χ3v) is 5.59. The number of hydrogen-bond acceptors (Lipinski definition) is 5. The summed E-state index contributed by atoms with van der Waals surface area (Å²) in [6.45, 7) is 2.91. The molecule has 8 heteroatoms. The zero-order chi connectivity index (χ0) is 23.6. The molecule has 2 aromatic carbocycles. The van der Waals surface area contributed by atoms with E-state index in [1.165, 1.54) is 7.11 Å². The van der Waals surface area contributed by atoms with Gasteiger partial charge in [-0.1, -0.05) is 42.5 Å². The summed E-state index contributed by atoms with van der Waals surface area (Å²) in [5.41, 5.74) is 1.43. The fraction of sp³-hybridized carbons (Fsp3) is 0.400. The Morgan fingerprint density at radius 1 is 1.09 bits per heavy atom. The number of rotatable bonds is 8. The number of esters is 1. The van der Waals surface area contributed by atoms with Gasteiger partial charge in [-0.05, 0) is 37.5 Å². The molecule has 1 heterocycles. The molecule has 1 fully saturated rings. The van der Waals surface area contributed by atoms with Crippen LogP contribution in [0.5, 0.6) is 5.75 Å². The molecule has 1 aliphatic heterocycles. The normalized spacial score (nSPS) is 16.4. The number of urea groups is 1. The van der Waals surface area contributed by atoms with Gasteiger partial charge in [0.2, 0.25) is 5.91 Å². The number of carbonyl (C=O) groups is 3. The van der Waals surface area contributed by atoms with Crippen molar-refractivity contribution in [2.45, 2.75) is 32.2 Å². The Kier molecular flexibility index (Phi) is 8.69. The maximum atomic E-state index is 13.4. The lowest BCUT2D eigenvalue weighted by Crippen LogP contribution is -2.53. The first kappa shape index (κ1) is 24.1. The van der Waals surface area contributed by atoms with Gasteiger partial charge in [-0.2, -0.15) is 0 Å². The lowest BCUT2D eigenvalue weighted by atomic mass is 9.96. The number of nitrogens with one attached hydrogen (secondary N) is 2. The molecule has 3 amide bonds. The van der Waals surface area contributed by atoms with Crippen LogP contribution in [0.4, 0.5) is 10.5 Å². The van der Waals surface area contributed by atoms with Crippen LogP contribution in [0, 0.1) is 5.92 Å². The summed E-state index contributed by atoms with van der Waals surface area (Å²) >= 11 is 0. The standard InChI is InChI=1S/C25H31N3O5/c1-3-33-24(30)19-12-9-15-28(17-19)23(29)21(16-18-10-5-4-6-11-18)27-25(31)26-20-13-7-8-14-22(20)32-2/h4-8,10-11,13-14,19,21H,3,9,12,15-17H2,1-2H3,(H2,26,27,31). The Labute approximate surface area is 194 Å². The van der Waals surface area contributed by atoms with Crippen molar-refractivity contribution in [1.82, 2.24) is 10.2 Å².